The second kappa shape index (κ2) is 36.7. The number of aromatic nitrogens is 16. The molecule has 0 unspecified atom stereocenters. The van der Waals surface area contributed by atoms with Crippen molar-refractivity contribution in [2.24, 2.45) is 0 Å². The first-order valence-electron chi connectivity index (χ1n) is 33.7. The molecule has 0 saturated heterocycles. The molecule has 0 aliphatic carbocycles. The maximum Gasteiger partial charge on any atom is 2.00 e. The van der Waals surface area contributed by atoms with Crippen molar-refractivity contribution in [3.05, 3.63) is 387 Å². The molecule has 108 heavy (non-hydrogen) atoms. The maximum atomic E-state index is 12.9. The summed E-state index contributed by atoms with van der Waals surface area (Å²) in [5.41, 5.74) is 17.6. The van der Waals surface area contributed by atoms with Crippen molar-refractivity contribution in [2.75, 3.05) is 0 Å². The molecule has 528 valence electrons. The zero-order chi connectivity index (χ0) is 72.9. The fourth-order valence-corrected chi connectivity index (χ4v) is 11.1. The molecule has 0 fully saturated rings. The summed E-state index contributed by atoms with van der Waals surface area (Å²) in [6.45, 7) is 8.56. The summed E-state index contributed by atoms with van der Waals surface area (Å²) >= 11 is 0. The minimum absolute atomic E-state index is 0. The number of hydrogen-bond acceptors (Lipinski definition) is 18. The van der Waals surface area contributed by atoms with Gasteiger partial charge in [0.25, 0.3) is 0 Å². The number of carbonyl (C=O) groups excluding carboxylic acids is 2. The van der Waals surface area contributed by atoms with E-state index in [-0.39, 0.29) is 64.5 Å². The summed E-state index contributed by atoms with van der Waals surface area (Å²) in [5, 5.41) is 0. The van der Waals surface area contributed by atoms with Gasteiger partial charge < -0.3 is 29.9 Å². The van der Waals surface area contributed by atoms with Crippen LogP contribution in [0.4, 0.5) is 0 Å². The number of pyridine rings is 16. The Hall–Kier alpha value is -12.9. The first-order chi connectivity index (χ1) is 51.9. The Morgan fingerprint density at radius 1 is 0.241 bits per heavy atom. The number of hydrogen-bond donors (Lipinski definition) is 0. The molecule has 0 aromatic carbocycles. The van der Waals surface area contributed by atoms with Crippen molar-refractivity contribution >= 4 is 11.6 Å². The summed E-state index contributed by atoms with van der Waals surface area (Å²) < 4.78 is 0. The predicted molar refractivity (Wildman–Crippen MR) is 406 cm³/mol. The summed E-state index contributed by atoms with van der Waals surface area (Å²) in [6, 6.07) is 80.4. The van der Waals surface area contributed by atoms with Crippen LogP contribution in [-0.4, -0.2) is 91.3 Å². The van der Waals surface area contributed by atoms with Gasteiger partial charge in [-0.2, -0.15) is 0 Å². The molecular weight excluding hydrogens is 1700 g/mol. The van der Waals surface area contributed by atoms with Crippen LogP contribution in [0.15, 0.2) is 318 Å². The predicted octanol–water partition coefficient (Wildman–Crippen LogP) is 16.7. The monoisotopic (exact) mass is 1770 g/mol. The Morgan fingerprint density at radius 3 is 0.694 bits per heavy atom. The van der Waals surface area contributed by atoms with E-state index in [0.717, 1.165) is 90.1 Å². The molecule has 20 heteroatoms. The van der Waals surface area contributed by atoms with E-state index < -0.39 is 0 Å². The van der Waals surface area contributed by atoms with Gasteiger partial charge in [0, 0.05) is 94.0 Å². The minimum Gasteiger partial charge on any atom is -0.360 e. The van der Waals surface area contributed by atoms with E-state index in [9.17, 15) is 9.59 Å². The minimum atomic E-state index is -0.365. The normalized spacial score (nSPS) is 10.7. The van der Waals surface area contributed by atoms with E-state index in [1.165, 1.54) is 0 Å². The van der Waals surface area contributed by atoms with E-state index >= 15 is 0 Å². The molecule has 16 aromatic rings. The van der Waals surface area contributed by atoms with Crippen molar-refractivity contribution < 1.29 is 51.7 Å². The molecule has 0 aliphatic rings. The average Bonchev–Trinajstić information content (AvgIpc) is 0.791. The second-order valence-electron chi connectivity index (χ2n) is 24.7. The molecule has 0 aliphatic heterocycles. The van der Waals surface area contributed by atoms with Crippen LogP contribution in [0, 0.1) is 24.3 Å². The molecule has 18 nitrogen and oxygen atoms in total. The van der Waals surface area contributed by atoms with E-state index in [2.05, 4.69) is 124 Å². The largest absolute Gasteiger partial charge is 2.00 e. The van der Waals surface area contributed by atoms with Crippen molar-refractivity contribution in [2.45, 2.75) is 38.5 Å². The van der Waals surface area contributed by atoms with Gasteiger partial charge in [0.2, 0.25) is 11.6 Å². The average molecular weight is 1770 g/mol. The van der Waals surface area contributed by atoms with Crippen molar-refractivity contribution in [1.82, 2.24) is 79.7 Å². The summed E-state index contributed by atoms with van der Waals surface area (Å²) in [4.78, 5) is 96.1. The first-order valence-corrected chi connectivity index (χ1v) is 33.7. The standard InChI is InChI=1S/C23H20N4.C23H18N4.C21H14N4O.C21H12N4O.2Pt/c2*1-23(2,21-11-3-9-19(26-21)17-7-5-13-24-15-17)22-12-4-10-20(27-22)18-8-6-14-25-16-18;2*26-21(19-9-1-7-17(24-19)15-5-3-11-22-13-15)20-10-2-8-18(25-20)16-6-4-12-23-14-16;;/h3-16H,1-2H3;3-6,9-16H,1-2H3;1-14H;1-4,7-14H;;/q;-2;;-2;2*+2. The smallest absolute Gasteiger partial charge is 0.360 e. The zero-order valence-electron chi connectivity index (χ0n) is 58.6. The van der Waals surface area contributed by atoms with Crippen LogP contribution in [0.2, 0.25) is 0 Å². The summed E-state index contributed by atoms with van der Waals surface area (Å²) in [6.07, 6.45) is 27.6. The molecule has 16 rings (SSSR count). The SMILES string of the molecule is CC(C)(c1cccc(-c2[c-]ccnc2)n1)c1cccc(-c2[c-]ccnc2)n1.CC(C)(c1cccc(-c2cccnc2)n1)c1cccc(-c2cccnc2)n1.O=C(c1cccc(-c2[c-]ccnc2)n1)c1cccc(-c2[c-]ccnc2)n1.O=C(c1cccc(-c2cccnc2)n1)c1cccc(-c2cccnc2)n1.[Pt+2].[Pt+2]. The van der Waals surface area contributed by atoms with Crippen LogP contribution in [0.1, 0.15) is 82.8 Å². The molecule has 0 amide bonds. The van der Waals surface area contributed by atoms with E-state index in [1.54, 1.807) is 147 Å². The summed E-state index contributed by atoms with van der Waals surface area (Å²) in [7, 11) is 0. The van der Waals surface area contributed by atoms with Gasteiger partial charge in [0.05, 0.1) is 34.2 Å². The van der Waals surface area contributed by atoms with Crippen LogP contribution < -0.4 is 0 Å². The van der Waals surface area contributed by atoms with Crippen LogP contribution >= 0.6 is 0 Å². The zero-order valence-corrected chi connectivity index (χ0v) is 63.2. The maximum absolute atomic E-state index is 12.9. The van der Waals surface area contributed by atoms with Gasteiger partial charge in [0.15, 0.2) is 0 Å². The molecule has 0 bridgehead atoms. The third-order valence-electron chi connectivity index (χ3n) is 16.8. The Kier molecular flexibility index (Phi) is 25.9. The molecule has 0 radical (unpaired) electrons. The molecule has 16 aromatic heterocycles. The van der Waals surface area contributed by atoms with Gasteiger partial charge in [-0.25, -0.2) is 9.97 Å². The van der Waals surface area contributed by atoms with E-state index in [1.807, 2.05) is 158 Å². The van der Waals surface area contributed by atoms with E-state index in [4.69, 9.17) is 19.9 Å². The van der Waals surface area contributed by atoms with Crippen LogP contribution in [-0.2, 0) is 53.0 Å². The van der Waals surface area contributed by atoms with Gasteiger partial charge >= 0.3 is 42.1 Å². The number of ketones is 2. The van der Waals surface area contributed by atoms with Crippen LogP contribution in [0.25, 0.3) is 90.1 Å². The molecular formula is C88H64N16O2Pt2. The summed E-state index contributed by atoms with van der Waals surface area (Å²) in [5.74, 6) is -0.469. The Labute approximate surface area is 654 Å². The number of rotatable bonds is 16. The van der Waals surface area contributed by atoms with Crippen molar-refractivity contribution in [1.29, 1.82) is 0 Å². The molecule has 0 N–H and O–H groups in total. The van der Waals surface area contributed by atoms with Gasteiger partial charge in [-0.05, 0) is 172 Å². The van der Waals surface area contributed by atoms with Crippen molar-refractivity contribution in [3.8, 4) is 90.1 Å². The Morgan fingerprint density at radius 2 is 0.454 bits per heavy atom. The van der Waals surface area contributed by atoms with Crippen LogP contribution in [0.5, 0.6) is 0 Å². The first kappa shape index (κ1) is 76.3. The molecule has 16 heterocycles. The number of nitrogens with zero attached hydrogens (tertiary/aromatic N) is 16. The second-order valence-corrected chi connectivity index (χ2v) is 24.7. The fourth-order valence-electron chi connectivity index (χ4n) is 11.1. The van der Waals surface area contributed by atoms with Gasteiger partial charge in [-0.1, -0.05) is 122 Å². The Bertz CT molecular complexity index is 4910. The van der Waals surface area contributed by atoms with E-state index in [0.29, 0.717) is 45.6 Å². The third kappa shape index (κ3) is 19.2. The molecule has 0 spiro atoms. The third-order valence-corrected chi connectivity index (χ3v) is 16.8. The molecule has 0 atom stereocenters. The molecule has 0 saturated carbocycles. The Balaban J connectivity index is 0.000000142. The quantitative estimate of drug-likeness (QED) is 0.0645. The van der Waals surface area contributed by atoms with Crippen LogP contribution in [0.3, 0.4) is 0 Å². The topological polar surface area (TPSA) is 240 Å². The fraction of sp³-hybridized carbons (Fsp3) is 0.0682. The van der Waals surface area contributed by atoms with Gasteiger partial charge in [-0.3, -0.25) is 49.5 Å². The van der Waals surface area contributed by atoms with Gasteiger partial charge in [0.1, 0.15) is 22.8 Å². The number of carbonyl (C=O) groups is 2. The van der Waals surface area contributed by atoms with Crippen molar-refractivity contribution in [3.63, 3.8) is 0 Å². The van der Waals surface area contributed by atoms with Gasteiger partial charge in [-0.15, -0.1) is 70.8 Å².